The fourth-order valence-corrected chi connectivity index (χ4v) is 2.60. The maximum absolute atomic E-state index is 12.4. The molecular formula is C15H15F2N3O2S. The SMILES string of the molecule is C/C(=N/NC(=O)Cc1nc(C)cs1)c1ccccc1OC(F)F. The van der Waals surface area contributed by atoms with Crippen molar-refractivity contribution in [1.29, 1.82) is 0 Å². The standard InChI is InChI=1S/C15H15F2N3O2S/c1-9-8-23-14(18-9)7-13(21)20-19-10(2)11-5-3-4-6-12(11)22-15(16)17/h3-6,8,15H,7H2,1-2H3,(H,20,21)/b19-10-. The van der Waals surface area contributed by atoms with Gasteiger partial charge in [0.25, 0.3) is 0 Å². The van der Waals surface area contributed by atoms with E-state index in [9.17, 15) is 13.6 Å². The zero-order valence-corrected chi connectivity index (χ0v) is 13.4. The van der Waals surface area contributed by atoms with E-state index in [0.29, 0.717) is 16.3 Å². The van der Waals surface area contributed by atoms with Gasteiger partial charge < -0.3 is 4.74 Å². The van der Waals surface area contributed by atoms with E-state index < -0.39 is 6.61 Å². The number of aryl methyl sites for hydroxylation is 1. The summed E-state index contributed by atoms with van der Waals surface area (Å²) in [5, 5.41) is 6.48. The molecule has 0 fully saturated rings. The highest BCUT2D eigenvalue weighted by Crippen LogP contribution is 2.20. The minimum atomic E-state index is -2.92. The lowest BCUT2D eigenvalue weighted by molar-refractivity contribution is -0.120. The number of hydrazone groups is 1. The Balaban J connectivity index is 2.03. The van der Waals surface area contributed by atoms with Gasteiger partial charge in [0.15, 0.2) is 0 Å². The number of benzene rings is 1. The predicted molar refractivity (Wildman–Crippen MR) is 84.0 cm³/mol. The van der Waals surface area contributed by atoms with Crippen molar-refractivity contribution >= 4 is 23.0 Å². The molecule has 1 heterocycles. The molecule has 0 bridgehead atoms. The van der Waals surface area contributed by atoms with Crippen molar-refractivity contribution in [2.24, 2.45) is 5.10 Å². The van der Waals surface area contributed by atoms with E-state index in [4.69, 9.17) is 0 Å². The zero-order chi connectivity index (χ0) is 16.8. The Morgan fingerprint density at radius 2 is 2.17 bits per heavy atom. The van der Waals surface area contributed by atoms with Crippen molar-refractivity contribution in [3.63, 3.8) is 0 Å². The summed E-state index contributed by atoms with van der Waals surface area (Å²) in [5.74, 6) is -0.320. The summed E-state index contributed by atoms with van der Waals surface area (Å²) in [4.78, 5) is 16.0. The van der Waals surface area contributed by atoms with E-state index in [1.165, 1.54) is 17.4 Å². The van der Waals surface area contributed by atoms with Crippen LogP contribution in [0.4, 0.5) is 8.78 Å². The average molecular weight is 339 g/mol. The molecule has 2 rings (SSSR count). The van der Waals surface area contributed by atoms with Gasteiger partial charge in [-0.1, -0.05) is 12.1 Å². The molecule has 0 unspecified atom stereocenters. The average Bonchev–Trinajstić information content (AvgIpc) is 2.90. The van der Waals surface area contributed by atoms with Crippen LogP contribution in [0.3, 0.4) is 0 Å². The third kappa shape index (κ3) is 5.10. The highest BCUT2D eigenvalue weighted by atomic mass is 32.1. The van der Waals surface area contributed by atoms with E-state index in [2.05, 4.69) is 20.2 Å². The second-order valence-corrected chi connectivity index (χ2v) is 5.61. The van der Waals surface area contributed by atoms with Crippen LogP contribution >= 0.6 is 11.3 Å². The quantitative estimate of drug-likeness (QED) is 0.650. The minimum Gasteiger partial charge on any atom is -0.434 e. The first-order chi connectivity index (χ1) is 11.0. The minimum absolute atomic E-state index is 0.00791. The van der Waals surface area contributed by atoms with Crippen molar-refractivity contribution < 1.29 is 18.3 Å². The number of alkyl halides is 2. The number of thiazole rings is 1. The van der Waals surface area contributed by atoms with Gasteiger partial charge in [-0.3, -0.25) is 4.79 Å². The maximum Gasteiger partial charge on any atom is 0.387 e. The van der Waals surface area contributed by atoms with Gasteiger partial charge in [0.1, 0.15) is 10.8 Å². The van der Waals surface area contributed by atoms with Crippen molar-refractivity contribution in [1.82, 2.24) is 10.4 Å². The molecule has 122 valence electrons. The molecule has 0 saturated carbocycles. The van der Waals surface area contributed by atoms with Crippen LogP contribution in [0.25, 0.3) is 0 Å². The molecule has 1 N–H and O–H groups in total. The first-order valence-electron chi connectivity index (χ1n) is 6.74. The maximum atomic E-state index is 12.4. The van der Waals surface area contributed by atoms with E-state index in [1.54, 1.807) is 25.1 Å². The van der Waals surface area contributed by atoms with Gasteiger partial charge in [0.2, 0.25) is 5.91 Å². The lowest BCUT2D eigenvalue weighted by Gasteiger charge is -2.10. The Morgan fingerprint density at radius 3 is 2.83 bits per heavy atom. The van der Waals surface area contributed by atoms with E-state index in [-0.39, 0.29) is 18.1 Å². The monoisotopic (exact) mass is 339 g/mol. The van der Waals surface area contributed by atoms with E-state index in [1.807, 2.05) is 12.3 Å². The molecular weight excluding hydrogens is 324 g/mol. The van der Waals surface area contributed by atoms with Crippen LogP contribution in [-0.4, -0.2) is 23.2 Å². The van der Waals surface area contributed by atoms with E-state index >= 15 is 0 Å². The van der Waals surface area contributed by atoms with Crippen LogP contribution in [0.2, 0.25) is 0 Å². The van der Waals surface area contributed by atoms with Gasteiger partial charge in [-0.15, -0.1) is 11.3 Å². The fourth-order valence-electron chi connectivity index (χ4n) is 1.83. The molecule has 1 amide bonds. The highest BCUT2D eigenvalue weighted by molar-refractivity contribution is 7.09. The third-order valence-electron chi connectivity index (χ3n) is 2.82. The summed E-state index contributed by atoms with van der Waals surface area (Å²) < 4.78 is 29.2. The van der Waals surface area contributed by atoms with Crippen molar-refractivity contribution in [2.45, 2.75) is 26.9 Å². The normalized spacial score (nSPS) is 11.6. The molecule has 0 aliphatic heterocycles. The molecule has 0 aliphatic rings. The number of aromatic nitrogens is 1. The number of ether oxygens (including phenoxy) is 1. The molecule has 0 spiro atoms. The number of nitrogens with one attached hydrogen (secondary N) is 1. The first-order valence-corrected chi connectivity index (χ1v) is 7.62. The van der Waals surface area contributed by atoms with Crippen molar-refractivity contribution in [3.8, 4) is 5.75 Å². The molecule has 23 heavy (non-hydrogen) atoms. The molecule has 0 radical (unpaired) electrons. The van der Waals surface area contributed by atoms with Crippen molar-refractivity contribution in [3.05, 3.63) is 45.9 Å². The number of nitrogens with zero attached hydrogens (tertiary/aromatic N) is 2. The van der Waals surface area contributed by atoms with Gasteiger partial charge in [0.05, 0.1) is 12.1 Å². The summed E-state index contributed by atoms with van der Waals surface area (Å²) in [7, 11) is 0. The highest BCUT2D eigenvalue weighted by Gasteiger charge is 2.12. The lowest BCUT2D eigenvalue weighted by atomic mass is 10.1. The van der Waals surface area contributed by atoms with Gasteiger partial charge >= 0.3 is 6.61 Å². The molecule has 1 aromatic carbocycles. The van der Waals surface area contributed by atoms with Gasteiger partial charge in [-0.25, -0.2) is 10.4 Å². The fraction of sp³-hybridized carbons (Fsp3) is 0.267. The Hall–Kier alpha value is -2.35. The summed E-state index contributed by atoms with van der Waals surface area (Å²) in [6.45, 7) is 0.522. The molecule has 1 aromatic heterocycles. The molecule has 0 aliphatic carbocycles. The van der Waals surface area contributed by atoms with Crippen LogP contribution in [-0.2, 0) is 11.2 Å². The zero-order valence-electron chi connectivity index (χ0n) is 12.5. The van der Waals surface area contributed by atoms with Crippen LogP contribution in [0.1, 0.15) is 23.2 Å². The van der Waals surface area contributed by atoms with Gasteiger partial charge in [0, 0.05) is 16.6 Å². The molecule has 0 atom stereocenters. The molecule has 8 heteroatoms. The Labute approximate surface area is 136 Å². The van der Waals surface area contributed by atoms with Crippen LogP contribution in [0, 0.1) is 6.92 Å². The number of carbonyl (C=O) groups excluding carboxylic acids is 1. The van der Waals surface area contributed by atoms with Crippen molar-refractivity contribution in [2.75, 3.05) is 0 Å². The summed E-state index contributed by atoms with van der Waals surface area (Å²) in [5.41, 5.74) is 4.00. The van der Waals surface area contributed by atoms with Crippen LogP contribution in [0.15, 0.2) is 34.7 Å². The number of para-hydroxylation sites is 1. The van der Waals surface area contributed by atoms with Gasteiger partial charge in [-0.05, 0) is 26.0 Å². The first kappa shape index (κ1) is 17.0. The smallest absolute Gasteiger partial charge is 0.387 e. The Kier molecular flexibility index (Phi) is 5.75. The Morgan fingerprint density at radius 1 is 1.43 bits per heavy atom. The van der Waals surface area contributed by atoms with Crippen LogP contribution < -0.4 is 10.2 Å². The second-order valence-electron chi connectivity index (χ2n) is 4.67. The van der Waals surface area contributed by atoms with Gasteiger partial charge in [-0.2, -0.15) is 13.9 Å². The number of hydrogen-bond acceptors (Lipinski definition) is 5. The number of amides is 1. The van der Waals surface area contributed by atoms with Crippen LogP contribution in [0.5, 0.6) is 5.75 Å². The molecule has 2 aromatic rings. The molecule has 5 nitrogen and oxygen atoms in total. The largest absolute Gasteiger partial charge is 0.434 e. The number of hydrogen-bond donors (Lipinski definition) is 1. The third-order valence-corrected chi connectivity index (χ3v) is 3.79. The number of rotatable bonds is 6. The Bertz CT molecular complexity index is 716. The number of halogens is 2. The second kappa shape index (κ2) is 7.77. The molecule has 0 saturated heterocycles. The summed E-state index contributed by atoms with van der Waals surface area (Å²) >= 11 is 1.39. The number of carbonyl (C=O) groups is 1. The summed E-state index contributed by atoms with van der Waals surface area (Å²) in [6, 6.07) is 6.26. The lowest BCUT2D eigenvalue weighted by Crippen LogP contribution is -2.21. The van der Waals surface area contributed by atoms with E-state index in [0.717, 1.165) is 5.69 Å². The topological polar surface area (TPSA) is 63.6 Å². The summed E-state index contributed by atoms with van der Waals surface area (Å²) in [6.07, 6.45) is 0.116. The predicted octanol–water partition coefficient (Wildman–Crippen LogP) is 3.14.